The van der Waals surface area contributed by atoms with Crippen molar-refractivity contribution in [1.82, 2.24) is 4.90 Å². The first-order chi connectivity index (χ1) is 9.04. The van der Waals surface area contributed by atoms with Crippen LogP contribution in [0.2, 0.25) is 0 Å². The lowest BCUT2D eigenvalue weighted by Crippen LogP contribution is -2.39. The van der Waals surface area contributed by atoms with Crippen molar-refractivity contribution in [3.63, 3.8) is 0 Å². The normalized spacial score (nSPS) is 10.6. The number of hydrogen-bond donors (Lipinski definition) is 2. The molecule has 1 aromatic carbocycles. The molecule has 0 saturated carbocycles. The Bertz CT molecular complexity index is 409. The SMILES string of the molecule is CC(C)CN(CCCN)C(=O)Nc1ccccc1F. The highest BCUT2D eigenvalue weighted by Gasteiger charge is 2.15. The Labute approximate surface area is 113 Å². The molecule has 19 heavy (non-hydrogen) atoms. The van der Waals surface area contributed by atoms with Gasteiger partial charge in [-0.2, -0.15) is 0 Å². The summed E-state index contributed by atoms with van der Waals surface area (Å²) in [5.41, 5.74) is 5.67. The maximum Gasteiger partial charge on any atom is 0.321 e. The highest BCUT2D eigenvalue weighted by Crippen LogP contribution is 2.13. The molecule has 0 aromatic heterocycles. The first kappa shape index (κ1) is 15.4. The van der Waals surface area contributed by atoms with Gasteiger partial charge in [0.1, 0.15) is 5.82 Å². The number of carbonyl (C=O) groups excluding carboxylic acids is 1. The maximum atomic E-state index is 13.5. The Morgan fingerprint density at radius 2 is 2.11 bits per heavy atom. The third-order valence-corrected chi connectivity index (χ3v) is 2.62. The summed E-state index contributed by atoms with van der Waals surface area (Å²) in [5.74, 6) is -0.0803. The van der Waals surface area contributed by atoms with Crippen LogP contribution in [-0.4, -0.2) is 30.6 Å². The van der Waals surface area contributed by atoms with E-state index in [0.29, 0.717) is 25.6 Å². The molecule has 1 aromatic rings. The third-order valence-electron chi connectivity index (χ3n) is 2.62. The Morgan fingerprint density at radius 3 is 2.68 bits per heavy atom. The summed E-state index contributed by atoms with van der Waals surface area (Å²) in [4.78, 5) is 13.8. The average Bonchev–Trinajstić information content (AvgIpc) is 2.36. The van der Waals surface area contributed by atoms with Crippen LogP contribution in [0.3, 0.4) is 0 Å². The van der Waals surface area contributed by atoms with Crippen molar-refractivity contribution >= 4 is 11.7 Å². The predicted molar refractivity (Wildman–Crippen MR) is 75.5 cm³/mol. The van der Waals surface area contributed by atoms with Crippen LogP contribution in [0.1, 0.15) is 20.3 Å². The number of carbonyl (C=O) groups is 1. The standard InChI is InChI=1S/C14H22FN3O/c1-11(2)10-18(9-5-8-16)14(19)17-13-7-4-3-6-12(13)15/h3-4,6-7,11H,5,8-10,16H2,1-2H3,(H,17,19). The van der Waals surface area contributed by atoms with Gasteiger partial charge in [-0.15, -0.1) is 0 Å². The smallest absolute Gasteiger partial charge is 0.321 e. The molecule has 0 saturated heterocycles. The molecular weight excluding hydrogens is 245 g/mol. The van der Waals surface area contributed by atoms with Gasteiger partial charge in [-0.1, -0.05) is 26.0 Å². The van der Waals surface area contributed by atoms with Gasteiger partial charge in [-0.05, 0) is 31.0 Å². The van der Waals surface area contributed by atoms with E-state index in [2.05, 4.69) is 5.32 Å². The molecule has 2 amide bonds. The van der Waals surface area contributed by atoms with E-state index in [9.17, 15) is 9.18 Å². The molecule has 0 unspecified atom stereocenters. The van der Waals surface area contributed by atoms with Crippen LogP contribution < -0.4 is 11.1 Å². The number of urea groups is 1. The van der Waals surface area contributed by atoms with Gasteiger partial charge in [0.2, 0.25) is 0 Å². The molecular formula is C14H22FN3O. The van der Waals surface area contributed by atoms with Crippen LogP contribution in [0.15, 0.2) is 24.3 Å². The lowest BCUT2D eigenvalue weighted by atomic mass is 10.2. The minimum atomic E-state index is -0.431. The highest BCUT2D eigenvalue weighted by atomic mass is 19.1. The van der Waals surface area contributed by atoms with Crippen molar-refractivity contribution < 1.29 is 9.18 Å². The molecule has 0 radical (unpaired) electrons. The Balaban J connectivity index is 2.68. The molecule has 0 spiro atoms. The number of rotatable bonds is 6. The minimum Gasteiger partial charge on any atom is -0.330 e. The van der Waals surface area contributed by atoms with Crippen LogP contribution in [-0.2, 0) is 0 Å². The molecule has 0 aliphatic heterocycles. The molecule has 106 valence electrons. The van der Waals surface area contributed by atoms with Gasteiger partial charge in [0.05, 0.1) is 5.69 Å². The van der Waals surface area contributed by atoms with E-state index < -0.39 is 5.82 Å². The number of nitrogens with two attached hydrogens (primary N) is 1. The van der Waals surface area contributed by atoms with Crippen LogP contribution >= 0.6 is 0 Å². The average molecular weight is 267 g/mol. The van der Waals surface area contributed by atoms with Crippen LogP contribution in [0, 0.1) is 11.7 Å². The zero-order chi connectivity index (χ0) is 14.3. The Morgan fingerprint density at radius 1 is 1.42 bits per heavy atom. The zero-order valence-electron chi connectivity index (χ0n) is 11.5. The summed E-state index contributed by atoms with van der Waals surface area (Å²) in [6, 6.07) is 5.86. The molecule has 4 nitrogen and oxygen atoms in total. The van der Waals surface area contributed by atoms with E-state index in [4.69, 9.17) is 5.73 Å². The largest absolute Gasteiger partial charge is 0.330 e. The predicted octanol–water partition coefficient (Wildman–Crippen LogP) is 2.66. The van der Waals surface area contributed by atoms with E-state index in [1.54, 1.807) is 23.1 Å². The fraction of sp³-hybridized carbons (Fsp3) is 0.500. The molecule has 0 aliphatic rings. The van der Waals surface area contributed by atoms with Crippen molar-refractivity contribution in [2.45, 2.75) is 20.3 Å². The molecule has 0 aliphatic carbocycles. The monoisotopic (exact) mass is 267 g/mol. The van der Waals surface area contributed by atoms with Crippen molar-refractivity contribution in [1.29, 1.82) is 0 Å². The van der Waals surface area contributed by atoms with Gasteiger partial charge >= 0.3 is 6.03 Å². The van der Waals surface area contributed by atoms with E-state index in [0.717, 1.165) is 6.42 Å². The number of amides is 2. The van der Waals surface area contributed by atoms with Crippen LogP contribution in [0.5, 0.6) is 0 Å². The van der Waals surface area contributed by atoms with Crippen molar-refractivity contribution in [3.05, 3.63) is 30.1 Å². The quantitative estimate of drug-likeness (QED) is 0.832. The van der Waals surface area contributed by atoms with E-state index in [1.165, 1.54) is 6.07 Å². The molecule has 3 N–H and O–H groups in total. The summed E-state index contributed by atoms with van der Waals surface area (Å²) < 4.78 is 13.5. The van der Waals surface area contributed by atoms with Crippen LogP contribution in [0.4, 0.5) is 14.9 Å². The van der Waals surface area contributed by atoms with Gasteiger partial charge in [-0.25, -0.2) is 9.18 Å². The lowest BCUT2D eigenvalue weighted by molar-refractivity contribution is 0.204. The first-order valence-electron chi connectivity index (χ1n) is 6.55. The first-order valence-corrected chi connectivity index (χ1v) is 6.55. The van der Waals surface area contributed by atoms with Crippen molar-refractivity contribution in [3.8, 4) is 0 Å². The molecule has 1 rings (SSSR count). The summed E-state index contributed by atoms with van der Waals surface area (Å²) in [5, 5.41) is 2.60. The van der Waals surface area contributed by atoms with Crippen molar-refractivity contribution in [2.75, 3.05) is 25.0 Å². The fourth-order valence-corrected chi connectivity index (χ4v) is 1.76. The molecule has 0 heterocycles. The Kier molecular flexibility index (Phi) is 6.29. The number of para-hydroxylation sites is 1. The van der Waals surface area contributed by atoms with Gasteiger partial charge in [-0.3, -0.25) is 0 Å². The van der Waals surface area contributed by atoms with E-state index in [1.807, 2.05) is 13.8 Å². The van der Waals surface area contributed by atoms with Crippen molar-refractivity contribution in [2.24, 2.45) is 11.7 Å². The number of anilines is 1. The maximum absolute atomic E-state index is 13.5. The van der Waals surface area contributed by atoms with E-state index >= 15 is 0 Å². The number of halogens is 1. The zero-order valence-corrected chi connectivity index (χ0v) is 11.5. The van der Waals surface area contributed by atoms with Gasteiger partial charge < -0.3 is 16.0 Å². The minimum absolute atomic E-state index is 0.203. The summed E-state index contributed by atoms with van der Waals surface area (Å²) >= 11 is 0. The second kappa shape index (κ2) is 7.74. The Hall–Kier alpha value is -1.62. The van der Waals surface area contributed by atoms with E-state index in [-0.39, 0.29) is 11.7 Å². The second-order valence-electron chi connectivity index (χ2n) is 4.89. The summed E-state index contributed by atoms with van der Waals surface area (Å²) in [7, 11) is 0. The molecule has 0 fully saturated rings. The molecule has 0 bridgehead atoms. The second-order valence-corrected chi connectivity index (χ2v) is 4.89. The number of nitrogens with zero attached hydrogens (tertiary/aromatic N) is 1. The number of hydrogen-bond acceptors (Lipinski definition) is 2. The van der Waals surface area contributed by atoms with Crippen LogP contribution in [0.25, 0.3) is 0 Å². The lowest BCUT2D eigenvalue weighted by Gasteiger charge is -2.24. The van der Waals surface area contributed by atoms with Gasteiger partial charge in [0, 0.05) is 13.1 Å². The van der Waals surface area contributed by atoms with Gasteiger partial charge in [0.15, 0.2) is 0 Å². The van der Waals surface area contributed by atoms with Gasteiger partial charge in [0.25, 0.3) is 0 Å². The number of benzene rings is 1. The topological polar surface area (TPSA) is 58.4 Å². The highest BCUT2D eigenvalue weighted by molar-refractivity contribution is 5.89. The number of nitrogens with one attached hydrogen (secondary N) is 1. The summed E-state index contributed by atoms with van der Waals surface area (Å²) in [6.07, 6.45) is 0.734. The summed E-state index contributed by atoms with van der Waals surface area (Å²) in [6.45, 7) is 5.80. The molecule has 5 heteroatoms. The fourth-order valence-electron chi connectivity index (χ4n) is 1.76. The third kappa shape index (κ3) is 5.26. The molecule has 0 atom stereocenters.